The monoisotopic (exact) mass is 736 g/mol. The van der Waals surface area contributed by atoms with Crippen molar-refractivity contribution in [3.05, 3.63) is 35.5 Å². The van der Waals surface area contributed by atoms with Gasteiger partial charge < -0.3 is 20.6 Å². The quantitative estimate of drug-likeness (QED) is 0.177. The molecular formula is C47H74FNO4. The van der Waals surface area contributed by atoms with E-state index in [2.05, 4.69) is 65.6 Å². The van der Waals surface area contributed by atoms with Gasteiger partial charge in [0.2, 0.25) is 0 Å². The number of carboxylic acids is 1. The number of hydrogen-bond acceptors (Lipinski definition) is 4. The van der Waals surface area contributed by atoms with Gasteiger partial charge in [-0.25, -0.2) is 0 Å². The van der Waals surface area contributed by atoms with E-state index in [0.717, 1.165) is 25.8 Å². The topological polar surface area (TPSA) is 89.8 Å². The molecular weight excluding hydrogens is 662 g/mol. The minimum Gasteiger partial charge on any atom is -0.481 e. The molecule has 7 rings (SSSR count). The van der Waals surface area contributed by atoms with Crippen LogP contribution in [0.3, 0.4) is 0 Å². The molecule has 0 bridgehead atoms. The molecule has 0 unspecified atom stereocenters. The van der Waals surface area contributed by atoms with Crippen molar-refractivity contribution in [2.45, 2.75) is 181 Å². The predicted octanol–water partition coefficient (Wildman–Crippen LogP) is 10.5. The van der Waals surface area contributed by atoms with Crippen molar-refractivity contribution in [2.24, 2.45) is 56.7 Å². The summed E-state index contributed by atoms with van der Waals surface area (Å²) >= 11 is 0. The number of alkyl halides is 1. The summed E-state index contributed by atoms with van der Waals surface area (Å²) in [5.41, 5.74) is 2.66. The molecule has 0 amide bonds. The number of rotatable bonds is 9. The molecule has 0 spiro atoms. The lowest BCUT2D eigenvalue weighted by Crippen LogP contribution is -2.68. The van der Waals surface area contributed by atoms with Gasteiger partial charge in [-0.2, -0.15) is 0 Å². The number of nitrogens with one attached hydrogen (secondary N) is 1. The van der Waals surface area contributed by atoms with Crippen LogP contribution < -0.4 is 5.32 Å². The predicted molar refractivity (Wildman–Crippen MR) is 212 cm³/mol. The molecule has 0 aliphatic heterocycles. The Morgan fingerprint density at radius 2 is 1.55 bits per heavy atom. The van der Waals surface area contributed by atoms with Crippen LogP contribution in [0.5, 0.6) is 0 Å². The highest BCUT2D eigenvalue weighted by Gasteiger charge is 2.70. The molecule has 4 N–H and O–H groups in total. The first-order chi connectivity index (χ1) is 24.7. The summed E-state index contributed by atoms with van der Waals surface area (Å²) in [5.74, 6) is 2.14. The van der Waals surface area contributed by atoms with Gasteiger partial charge in [-0.05, 0) is 198 Å². The van der Waals surface area contributed by atoms with E-state index in [9.17, 15) is 24.5 Å². The molecule has 298 valence electrons. The second kappa shape index (κ2) is 13.3. The summed E-state index contributed by atoms with van der Waals surface area (Å²) in [6.45, 7) is 22.1. The minimum atomic E-state index is -0.956. The third-order valence-corrected chi connectivity index (χ3v) is 19.0. The molecule has 0 saturated heterocycles. The largest absolute Gasteiger partial charge is 0.481 e. The number of hydrogen-bond donors (Lipinski definition) is 4. The van der Waals surface area contributed by atoms with Crippen LogP contribution in [-0.4, -0.2) is 51.2 Å². The minimum absolute atomic E-state index is 0.00156. The van der Waals surface area contributed by atoms with E-state index in [1.165, 1.54) is 68.1 Å². The number of halogens is 1. The highest BCUT2D eigenvalue weighted by Crippen LogP contribution is 2.76. The maximum atomic E-state index is 13.4. The van der Waals surface area contributed by atoms with E-state index < -0.39 is 29.3 Å². The molecule has 5 nitrogen and oxygen atoms in total. The number of aliphatic carboxylic acids is 1. The maximum absolute atomic E-state index is 13.4. The van der Waals surface area contributed by atoms with Crippen LogP contribution in [-0.2, 0) is 4.79 Å². The third kappa shape index (κ3) is 6.10. The van der Waals surface area contributed by atoms with Crippen molar-refractivity contribution < 1.29 is 24.5 Å². The smallest absolute Gasteiger partial charge is 0.310 e. The maximum Gasteiger partial charge on any atom is 0.310 e. The van der Waals surface area contributed by atoms with E-state index in [1.807, 2.05) is 6.92 Å². The summed E-state index contributed by atoms with van der Waals surface area (Å²) in [4.78, 5) is 12.2. The molecule has 10 atom stereocenters. The first kappa shape index (κ1) is 39.7. The molecule has 0 aromatic carbocycles. The second-order valence-corrected chi connectivity index (χ2v) is 21.7. The van der Waals surface area contributed by atoms with Crippen LogP contribution >= 0.6 is 0 Å². The van der Waals surface area contributed by atoms with E-state index >= 15 is 0 Å². The van der Waals surface area contributed by atoms with E-state index in [1.54, 1.807) is 0 Å². The normalized spacial score (nSPS) is 49.1. The number of allylic oxidation sites excluding steroid dienone is 5. The number of fused-ring (bicyclic) bond motifs is 7. The average Bonchev–Trinajstić information content (AvgIpc) is 3.47. The van der Waals surface area contributed by atoms with E-state index in [4.69, 9.17) is 0 Å². The van der Waals surface area contributed by atoms with Gasteiger partial charge in [-0.3, -0.25) is 9.18 Å². The first-order valence-electron chi connectivity index (χ1n) is 21.8. The molecule has 0 radical (unpaired) electrons. The lowest BCUT2D eigenvalue weighted by Gasteiger charge is -2.72. The van der Waals surface area contributed by atoms with Crippen molar-refractivity contribution in [2.75, 3.05) is 13.2 Å². The Labute approximate surface area is 321 Å². The first-order valence-corrected chi connectivity index (χ1v) is 21.8. The Hall–Kier alpha value is -1.50. The zero-order valence-electron chi connectivity index (χ0n) is 34.5. The fourth-order valence-electron chi connectivity index (χ4n) is 15.5. The molecule has 7 aliphatic rings. The second-order valence-electron chi connectivity index (χ2n) is 21.7. The molecule has 5 fully saturated rings. The Morgan fingerprint density at radius 1 is 0.830 bits per heavy atom. The number of carboxylic acid groups (broad SMARTS) is 1. The standard InChI is InChI=1S/C47H74FNO4/c1-31(2)33-13-20-47(49-30-28-46(53)24-21-41(5,52)22-25-46)26-23-43(7)35(38(33)47)9-10-37-42(6)16-14-34(40(3,4)36(42)15-17-44(37,43)8)32-11-18-45(19-12-32,27-29-48)39(50)51/h11,14,33,35-38,49,52-53H,1,9-10,12-13,15-30H2,2-8H3,(H,50,51)/t33-,35+,36-,37+,38+,41-,42-,43+,44+,45+,46-,47-/m0/s1. The van der Waals surface area contributed by atoms with Crippen molar-refractivity contribution in [1.29, 1.82) is 0 Å². The highest BCUT2D eigenvalue weighted by atomic mass is 19.1. The van der Waals surface area contributed by atoms with Crippen LogP contribution in [0.25, 0.3) is 0 Å². The fourth-order valence-corrected chi connectivity index (χ4v) is 15.5. The van der Waals surface area contributed by atoms with Crippen LogP contribution in [0.4, 0.5) is 4.39 Å². The van der Waals surface area contributed by atoms with Gasteiger partial charge >= 0.3 is 5.97 Å². The van der Waals surface area contributed by atoms with Gasteiger partial charge in [0, 0.05) is 5.54 Å². The lowest BCUT2D eigenvalue weighted by atomic mass is 9.33. The SMILES string of the molecule is C=C(C)[C@@H]1CC[C@]2(NCC[C@]3(O)CC[C@](C)(O)CC3)CC[C@]3(C)[C@H](CC[C@@H]4[C@@]5(C)CC=C(C6=CC[C@@](CCF)(C(=O)O)CC6)C(C)(C)[C@@H]5CC[C@]43C)[C@@H]12. The van der Waals surface area contributed by atoms with Crippen molar-refractivity contribution >= 4 is 5.97 Å². The zero-order valence-corrected chi connectivity index (χ0v) is 34.5. The summed E-state index contributed by atoms with van der Waals surface area (Å²) in [5, 5.41) is 36.3. The van der Waals surface area contributed by atoms with Gasteiger partial charge in [-0.15, -0.1) is 0 Å². The highest BCUT2D eigenvalue weighted by molar-refractivity contribution is 5.75. The zero-order chi connectivity index (χ0) is 38.5. The Morgan fingerprint density at radius 3 is 2.17 bits per heavy atom. The molecule has 53 heavy (non-hydrogen) atoms. The van der Waals surface area contributed by atoms with Gasteiger partial charge in [0.15, 0.2) is 0 Å². The molecule has 0 aromatic heterocycles. The lowest BCUT2D eigenvalue weighted by molar-refractivity contribution is -0.221. The number of aliphatic hydroxyl groups is 2. The third-order valence-electron chi connectivity index (χ3n) is 19.0. The summed E-state index contributed by atoms with van der Waals surface area (Å²) in [7, 11) is 0. The van der Waals surface area contributed by atoms with Crippen LogP contribution in [0.1, 0.15) is 164 Å². The molecule has 5 saturated carbocycles. The van der Waals surface area contributed by atoms with Crippen molar-refractivity contribution in [1.82, 2.24) is 5.32 Å². The van der Waals surface area contributed by atoms with E-state index in [-0.39, 0.29) is 33.6 Å². The van der Waals surface area contributed by atoms with Gasteiger partial charge in [0.25, 0.3) is 0 Å². The molecule has 7 aliphatic carbocycles. The van der Waals surface area contributed by atoms with Gasteiger partial charge in [0.1, 0.15) is 0 Å². The molecule has 0 heterocycles. The molecule has 0 aromatic rings. The number of carbonyl (C=O) groups is 1. The van der Waals surface area contributed by atoms with Gasteiger partial charge in [0.05, 0.1) is 23.3 Å². The van der Waals surface area contributed by atoms with Crippen LogP contribution in [0.2, 0.25) is 0 Å². The summed E-state index contributed by atoms with van der Waals surface area (Å²) in [6, 6.07) is 0. The Kier molecular flexibility index (Phi) is 9.96. The fraction of sp³-hybridized carbons (Fsp3) is 0.851. The Balaban J connectivity index is 1.13. The van der Waals surface area contributed by atoms with Crippen LogP contribution in [0, 0.1) is 56.7 Å². The van der Waals surface area contributed by atoms with Crippen LogP contribution in [0.15, 0.2) is 35.5 Å². The van der Waals surface area contributed by atoms with E-state index in [0.29, 0.717) is 68.1 Å². The summed E-state index contributed by atoms with van der Waals surface area (Å²) < 4.78 is 13.4. The van der Waals surface area contributed by atoms with Gasteiger partial charge in [-0.1, -0.05) is 58.9 Å². The summed E-state index contributed by atoms with van der Waals surface area (Å²) in [6.07, 6.45) is 21.0. The van der Waals surface area contributed by atoms with Crippen molar-refractivity contribution in [3.8, 4) is 0 Å². The molecule has 6 heteroatoms. The average molecular weight is 736 g/mol. The van der Waals surface area contributed by atoms with Crippen molar-refractivity contribution in [3.63, 3.8) is 0 Å². The Bertz CT molecular complexity index is 1520.